The minimum absolute atomic E-state index is 0.0367. The Morgan fingerprint density at radius 3 is 2.63 bits per heavy atom. The molecule has 1 saturated carbocycles. The highest BCUT2D eigenvalue weighted by atomic mass is 19.3. The Morgan fingerprint density at radius 1 is 1.29 bits per heavy atom. The molecule has 0 saturated heterocycles. The molecule has 6 nitrogen and oxygen atoms in total. The van der Waals surface area contributed by atoms with Crippen molar-refractivity contribution in [3.05, 3.63) is 47.8 Å². The third kappa shape index (κ3) is 5.32. The number of methoxy groups -OCH3 is 1. The lowest BCUT2D eigenvalue weighted by Gasteiger charge is -2.22. The number of ketones is 1. The summed E-state index contributed by atoms with van der Waals surface area (Å²) in [6.45, 7) is 2.67. The van der Waals surface area contributed by atoms with Gasteiger partial charge in [-0.2, -0.15) is 8.78 Å². The van der Waals surface area contributed by atoms with Crippen LogP contribution in [0.25, 0.3) is 16.9 Å². The van der Waals surface area contributed by atoms with E-state index in [4.69, 9.17) is 9.47 Å². The molecule has 0 bridgehead atoms. The van der Waals surface area contributed by atoms with E-state index in [1.807, 2.05) is 6.92 Å². The zero-order valence-corrected chi connectivity index (χ0v) is 20.6. The van der Waals surface area contributed by atoms with Crippen LogP contribution in [0, 0.1) is 11.8 Å². The van der Waals surface area contributed by atoms with Crippen molar-refractivity contribution in [3.63, 3.8) is 0 Å². The molecule has 3 aromatic rings. The quantitative estimate of drug-likeness (QED) is 0.325. The van der Waals surface area contributed by atoms with Crippen molar-refractivity contribution < 1.29 is 28.2 Å². The number of imidazole rings is 1. The van der Waals surface area contributed by atoms with E-state index in [0.29, 0.717) is 41.6 Å². The molecule has 0 amide bonds. The van der Waals surface area contributed by atoms with Crippen LogP contribution in [0.15, 0.2) is 36.7 Å². The fourth-order valence-corrected chi connectivity index (χ4v) is 4.48. The van der Waals surface area contributed by atoms with Gasteiger partial charge in [0, 0.05) is 18.2 Å². The lowest BCUT2D eigenvalue weighted by molar-refractivity contribution is -0.0502. The lowest BCUT2D eigenvalue weighted by atomic mass is 9.94. The summed E-state index contributed by atoms with van der Waals surface area (Å²) in [6, 6.07) is 6.68. The van der Waals surface area contributed by atoms with Crippen LogP contribution < -0.4 is 9.47 Å². The van der Waals surface area contributed by atoms with Crippen LogP contribution in [0.1, 0.15) is 68.8 Å². The van der Waals surface area contributed by atoms with Gasteiger partial charge in [-0.1, -0.05) is 13.8 Å². The number of fused-ring (bicyclic) bond motifs is 1. The highest BCUT2D eigenvalue weighted by Crippen LogP contribution is 2.41. The molecule has 2 atom stereocenters. The number of alkyl halides is 2. The fraction of sp³-hybridized carbons (Fsp3) is 0.481. The second kappa shape index (κ2) is 9.93. The Hall–Kier alpha value is -3.00. The Labute approximate surface area is 203 Å². The molecule has 2 aromatic heterocycles. The number of Topliss-reactive ketones (excluding diaryl/α,β-unsaturated/α-hetero) is 1. The summed E-state index contributed by atoms with van der Waals surface area (Å²) < 4.78 is 38.7. The molecule has 1 aliphatic carbocycles. The summed E-state index contributed by atoms with van der Waals surface area (Å²) in [7, 11) is 1.41. The number of carbonyl (C=O) groups excluding carboxylic acids is 1. The van der Waals surface area contributed by atoms with Crippen molar-refractivity contribution in [1.29, 1.82) is 0 Å². The summed E-state index contributed by atoms with van der Waals surface area (Å²) in [6.07, 6.45) is 7.22. The fourth-order valence-electron chi connectivity index (χ4n) is 4.48. The first-order valence-corrected chi connectivity index (χ1v) is 12.0. The first-order chi connectivity index (χ1) is 16.6. The predicted molar refractivity (Wildman–Crippen MR) is 129 cm³/mol. The van der Waals surface area contributed by atoms with Crippen LogP contribution in [0.5, 0.6) is 11.5 Å². The van der Waals surface area contributed by atoms with Gasteiger partial charge in [0.1, 0.15) is 22.7 Å². The molecule has 1 aromatic carbocycles. The molecule has 4 rings (SSSR count). The van der Waals surface area contributed by atoms with Crippen molar-refractivity contribution in [2.45, 2.75) is 65.1 Å². The normalized spacial score (nSPS) is 16.3. The van der Waals surface area contributed by atoms with Crippen LogP contribution in [0.4, 0.5) is 8.78 Å². The van der Waals surface area contributed by atoms with Gasteiger partial charge >= 0.3 is 6.61 Å². The Morgan fingerprint density at radius 2 is 2.00 bits per heavy atom. The van der Waals surface area contributed by atoms with E-state index < -0.39 is 12.2 Å². The highest BCUT2D eigenvalue weighted by Gasteiger charge is 2.29. The van der Waals surface area contributed by atoms with Crippen LogP contribution >= 0.6 is 0 Å². The number of ether oxygens (including phenoxy) is 2. The third-order valence-corrected chi connectivity index (χ3v) is 7.15. The lowest BCUT2D eigenvalue weighted by Crippen LogP contribution is -2.19. The Bertz CT molecular complexity index is 1220. The van der Waals surface area contributed by atoms with Crippen molar-refractivity contribution in [2.24, 2.45) is 11.8 Å². The second-order valence-electron chi connectivity index (χ2n) is 9.62. The molecule has 188 valence electrons. The monoisotopic (exact) mass is 486 g/mol. The minimum atomic E-state index is -3.09. The Balaban J connectivity index is 1.73. The summed E-state index contributed by atoms with van der Waals surface area (Å²) in [4.78, 5) is 17.5. The average Bonchev–Trinajstić information content (AvgIpc) is 3.60. The molecular weight excluding hydrogens is 454 g/mol. The average molecular weight is 487 g/mol. The van der Waals surface area contributed by atoms with Gasteiger partial charge in [0.2, 0.25) is 0 Å². The van der Waals surface area contributed by atoms with Gasteiger partial charge in [0.25, 0.3) is 0 Å². The van der Waals surface area contributed by atoms with Gasteiger partial charge in [0.05, 0.1) is 24.6 Å². The first kappa shape index (κ1) is 25.1. The van der Waals surface area contributed by atoms with Gasteiger partial charge in [0.15, 0.2) is 5.78 Å². The van der Waals surface area contributed by atoms with Crippen molar-refractivity contribution in [3.8, 4) is 22.8 Å². The molecule has 35 heavy (non-hydrogen) atoms. The van der Waals surface area contributed by atoms with E-state index in [-0.39, 0.29) is 29.3 Å². The molecule has 1 aliphatic rings. The van der Waals surface area contributed by atoms with E-state index in [1.165, 1.54) is 26.0 Å². The number of hydrogen-bond donors (Lipinski definition) is 1. The molecule has 0 radical (unpaired) electrons. The molecule has 2 unspecified atom stereocenters. The summed E-state index contributed by atoms with van der Waals surface area (Å²) in [5.41, 5.74) is 1.49. The maximum Gasteiger partial charge on any atom is 0.387 e. The molecule has 2 heterocycles. The number of hydrogen-bond acceptors (Lipinski definition) is 5. The zero-order valence-electron chi connectivity index (χ0n) is 20.6. The van der Waals surface area contributed by atoms with Gasteiger partial charge in [-0.25, -0.2) is 4.98 Å². The highest BCUT2D eigenvalue weighted by molar-refractivity contribution is 6.02. The number of aliphatic hydroxyl groups is 1. The topological polar surface area (TPSA) is 73.1 Å². The van der Waals surface area contributed by atoms with E-state index >= 15 is 0 Å². The number of pyridine rings is 1. The SMILES string of the molecule is CCC(C)(O)c1ccn2c(-c3cc(OC)c(C(=O)CCC(C)C4CC4)c(OC(F)F)c3)cnc2c1. The van der Waals surface area contributed by atoms with Crippen LogP contribution in [0.2, 0.25) is 0 Å². The van der Waals surface area contributed by atoms with Gasteiger partial charge in [-0.05, 0) is 74.3 Å². The van der Waals surface area contributed by atoms with Gasteiger partial charge in [-0.3, -0.25) is 9.20 Å². The van der Waals surface area contributed by atoms with Crippen LogP contribution in [-0.2, 0) is 5.60 Å². The third-order valence-electron chi connectivity index (χ3n) is 7.15. The molecular formula is C27H32F2N2O4. The molecule has 1 fully saturated rings. The van der Waals surface area contributed by atoms with Gasteiger partial charge in [-0.15, -0.1) is 0 Å². The van der Waals surface area contributed by atoms with Crippen LogP contribution in [0.3, 0.4) is 0 Å². The number of carbonyl (C=O) groups is 1. The maximum absolute atomic E-state index is 13.3. The zero-order chi connectivity index (χ0) is 25.3. The van der Waals surface area contributed by atoms with E-state index in [0.717, 1.165) is 5.56 Å². The predicted octanol–water partition coefficient (Wildman–Crippen LogP) is 6.24. The van der Waals surface area contributed by atoms with E-state index in [9.17, 15) is 18.7 Å². The van der Waals surface area contributed by atoms with Crippen LogP contribution in [-0.4, -0.2) is 34.0 Å². The number of rotatable bonds is 11. The minimum Gasteiger partial charge on any atom is -0.496 e. The number of halogens is 2. The summed E-state index contributed by atoms with van der Waals surface area (Å²) in [5, 5.41) is 10.6. The second-order valence-corrected chi connectivity index (χ2v) is 9.62. The number of aromatic nitrogens is 2. The summed E-state index contributed by atoms with van der Waals surface area (Å²) in [5.74, 6) is 0.767. The maximum atomic E-state index is 13.3. The molecule has 8 heteroatoms. The smallest absolute Gasteiger partial charge is 0.387 e. The van der Waals surface area contributed by atoms with E-state index in [2.05, 4.69) is 11.9 Å². The molecule has 1 N–H and O–H groups in total. The van der Waals surface area contributed by atoms with Crippen molar-refractivity contribution >= 4 is 11.4 Å². The molecule has 0 aliphatic heterocycles. The standard InChI is InChI=1S/C27H32F2N2O4/c1-5-27(3,33)19-10-11-31-20(15-30-24(31)14-19)18-12-22(34-4)25(23(13-18)35-26(28)29)21(32)9-6-16(2)17-7-8-17/h10-17,26,33H,5-9H2,1-4H3. The van der Waals surface area contributed by atoms with Gasteiger partial charge < -0.3 is 14.6 Å². The first-order valence-electron chi connectivity index (χ1n) is 12.0. The van der Waals surface area contributed by atoms with Crippen molar-refractivity contribution in [1.82, 2.24) is 9.38 Å². The number of benzene rings is 1. The number of nitrogens with zero attached hydrogens (tertiary/aromatic N) is 2. The summed E-state index contributed by atoms with van der Waals surface area (Å²) >= 11 is 0. The molecule has 0 spiro atoms. The largest absolute Gasteiger partial charge is 0.496 e. The van der Waals surface area contributed by atoms with Crippen molar-refractivity contribution in [2.75, 3.05) is 7.11 Å². The van der Waals surface area contributed by atoms with E-state index in [1.54, 1.807) is 41.9 Å². The Kier molecular flexibility index (Phi) is 7.12.